The van der Waals surface area contributed by atoms with Crippen molar-refractivity contribution in [3.8, 4) is 5.75 Å². The van der Waals surface area contributed by atoms with Crippen molar-refractivity contribution in [3.05, 3.63) is 51.7 Å². The molecule has 3 heteroatoms. The molecule has 0 saturated heterocycles. The topological polar surface area (TPSA) is 35.2 Å². The van der Waals surface area contributed by atoms with Gasteiger partial charge < -0.3 is 10.5 Å². The van der Waals surface area contributed by atoms with Crippen LogP contribution in [-0.4, -0.2) is 6.61 Å². The van der Waals surface area contributed by atoms with E-state index in [1.54, 1.807) is 11.3 Å². The van der Waals surface area contributed by atoms with Crippen LogP contribution >= 0.6 is 11.3 Å². The number of hydrogen-bond donors (Lipinski definition) is 1. The van der Waals surface area contributed by atoms with Gasteiger partial charge in [0.05, 0.1) is 12.6 Å². The molecule has 17 heavy (non-hydrogen) atoms. The van der Waals surface area contributed by atoms with E-state index >= 15 is 0 Å². The van der Waals surface area contributed by atoms with Crippen molar-refractivity contribution in [1.82, 2.24) is 0 Å². The highest BCUT2D eigenvalue weighted by Gasteiger charge is 2.16. The number of para-hydroxylation sites is 1. The number of thiophene rings is 1. The van der Waals surface area contributed by atoms with Crippen LogP contribution in [0.15, 0.2) is 35.7 Å². The Morgan fingerprint density at radius 3 is 2.71 bits per heavy atom. The summed E-state index contributed by atoms with van der Waals surface area (Å²) in [6, 6.07) is 9.99. The molecule has 0 aliphatic carbocycles. The lowest BCUT2D eigenvalue weighted by atomic mass is 10.0. The quantitative estimate of drug-likeness (QED) is 0.897. The third-order valence-electron chi connectivity index (χ3n) is 2.74. The lowest BCUT2D eigenvalue weighted by Crippen LogP contribution is -2.13. The molecular weight excluding hydrogens is 230 g/mol. The summed E-state index contributed by atoms with van der Waals surface area (Å²) in [5.74, 6) is 0.885. The van der Waals surface area contributed by atoms with Gasteiger partial charge in [-0.05, 0) is 36.9 Å². The van der Waals surface area contributed by atoms with Crippen LogP contribution in [0.1, 0.15) is 29.0 Å². The van der Waals surface area contributed by atoms with Crippen molar-refractivity contribution in [3.63, 3.8) is 0 Å². The maximum absolute atomic E-state index is 6.32. The third kappa shape index (κ3) is 2.51. The minimum absolute atomic E-state index is 0.0993. The molecule has 90 valence electrons. The van der Waals surface area contributed by atoms with Crippen LogP contribution in [0.2, 0.25) is 0 Å². The lowest BCUT2D eigenvalue weighted by Gasteiger charge is -2.16. The van der Waals surface area contributed by atoms with Gasteiger partial charge in [0, 0.05) is 10.4 Å². The molecule has 0 fully saturated rings. The van der Waals surface area contributed by atoms with Crippen LogP contribution in [0.5, 0.6) is 5.75 Å². The highest BCUT2D eigenvalue weighted by atomic mass is 32.1. The van der Waals surface area contributed by atoms with E-state index in [1.165, 1.54) is 10.4 Å². The Kier molecular flexibility index (Phi) is 3.82. The Bertz CT molecular complexity index is 492. The van der Waals surface area contributed by atoms with E-state index in [1.807, 2.05) is 31.2 Å². The van der Waals surface area contributed by atoms with Crippen molar-refractivity contribution in [2.75, 3.05) is 6.61 Å². The zero-order valence-electron chi connectivity index (χ0n) is 10.1. The Morgan fingerprint density at radius 1 is 1.29 bits per heavy atom. The molecule has 0 saturated carbocycles. The first-order valence-electron chi connectivity index (χ1n) is 5.75. The van der Waals surface area contributed by atoms with Gasteiger partial charge in [-0.1, -0.05) is 18.2 Å². The predicted molar refractivity (Wildman–Crippen MR) is 72.7 cm³/mol. The first-order valence-corrected chi connectivity index (χ1v) is 6.63. The number of rotatable bonds is 4. The van der Waals surface area contributed by atoms with Crippen LogP contribution in [0.3, 0.4) is 0 Å². The van der Waals surface area contributed by atoms with Crippen molar-refractivity contribution in [1.29, 1.82) is 0 Å². The molecule has 0 amide bonds. The summed E-state index contributed by atoms with van der Waals surface area (Å²) in [4.78, 5) is 1.21. The number of benzene rings is 1. The molecule has 2 rings (SSSR count). The normalized spacial score (nSPS) is 12.4. The van der Waals surface area contributed by atoms with E-state index in [0.29, 0.717) is 6.61 Å². The molecule has 2 aromatic rings. The van der Waals surface area contributed by atoms with Gasteiger partial charge in [-0.25, -0.2) is 0 Å². The van der Waals surface area contributed by atoms with Gasteiger partial charge in [0.1, 0.15) is 5.75 Å². The molecule has 1 aromatic heterocycles. The minimum atomic E-state index is -0.0993. The second kappa shape index (κ2) is 5.34. The first kappa shape index (κ1) is 12.1. The highest BCUT2D eigenvalue weighted by Crippen LogP contribution is 2.32. The zero-order valence-corrected chi connectivity index (χ0v) is 11.0. The molecule has 0 bridgehead atoms. The maximum atomic E-state index is 6.32. The van der Waals surface area contributed by atoms with Crippen LogP contribution in [-0.2, 0) is 0 Å². The van der Waals surface area contributed by atoms with Gasteiger partial charge in [0.25, 0.3) is 0 Å². The summed E-state index contributed by atoms with van der Waals surface area (Å²) < 4.78 is 5.62. The molecule has 2 nitrogen and oxygen atoms in total. The van der Waals surface area contributed by atoms with E-state index in [2.05, 4.69) is 18.4 Å². The molecular formula is C14H17NOS. The maximum Gasteiger partial charge on any atom is 0.124 e. The summed E-state index contributed by atoms with van der Waals surface area (Å²) in [6.45, 7) is 4.74. The number of ether oxygens (including phenoxy) is 1. The number of nitrogens with two attached hydrogens (primary N) is 1. The molecule has 1 aromatic carbocycles. The fourth-order valence-electron chi connectivity index (χ4n) is 1.87. The lowest BCUT2D eigenvalue weighted by molar-refractivity contribution is 0.335. The number of hydrogen-bond acceptors (Lipinski definition) is 3. The summed E-state index contributed by atoms with van der Waals surface area (Å²) in [7, 11) is 0. The Balaban J connectivity index is 2.37. The fourth-order valence-corrected chi connectivity index (χ4v) is 2.81. The summed E-state index contributed by atoms with van der Waals surface area (Å²) in [5.41, 5.74) is 8.62. The van der Waals surface area contributed by atoms with Crippen molar-refractivity contribution in [2.24, 2.45) is 5.73 Å². The second-order valence-electron chi connectivity index (χ2n) is 3.92. The van der Waals surface area contributed by atoms with Crippen LogP contribution in [0.25, 0.3) is 0 Å². The van der Waals surface area contributed by atoms with Crippen molar-refractivity contribution >= 4 is 11.3 Å². The summed E-state index contributed by atoms with van der Waals surface area (Å²) in [6.07, 6.45) is 0. The van der Waals surface area contributed by atoms with Gasteiger partial charge in [0.2, 0.25) is 0 Å². The summed E-state index contributed by atoms with van der Waals surface area (Å²) in [5, 5.41) is 2.08. The fraction of sp³-hybridized carbons (Fsp3) is 0.286. The molecule has 0 aliphatic heterocycles. The SMILES string of the molecule is CCOc1ccccc1C(N)c1sccc1C. The first-order chi connectivity index (χ1) is 8.24. The van der Waals surface area contributed by atoms with E-state index < -0.39 is 0 Å². The molecule has 0 spiro atoms. The Morgan fingerprint density at radius 2 is 2.06 bits per heavy atom. The van der Waals surface area contributed by atoms with Crippen LogP contribution < -0.4 is 10.5 Å². The van der Waals surface area contributed by atoms with Crippen LogP contribution in [0, 0.1) is 6.92 Å². The van der Waals surface area contributed by atoms with E-state index in [9.17, 15) is 0 Å². The van der Waals surface area contributed by atoms with Gasteiger partial charge in [-0.3, -0.25) is 0 Å². The molecule has 0 radical (unpaired) electrons. The largest absolute Gasteiger partial charge is 0.494 e. The van der Waals surface area contributed by atoms with Crippen molar-refractivity contribution < 1.29 is 4.74 Å². The average molecular weight is 247 g/mol. The Hall–Kier alpha value is -1.32. The zero-order chi connectivity index (χ0) is 12.3. The average Bonchev–Trinajstić information content (AvgIpc) is 2.76. The molecule has 1 atom stereocenters. The second-order valence-corrected chi connectivity index (χ2v) is 4.86. The van der Waals surface area contributed by atoms with Crippen molar-refractivity contribution in [2.45, 2.75) is 19.9 Å². The van der Waals surface area contributed by atoms with Gasteiger partial charge in [-0.2, -0.15) is 0 Å². The summed E-state index contributed by atoms with van der Waals surface area (Å²) >= 11 is 1.70. The molecule has 0 aliphatic rings. The third-order valence-corrected chi connectivity index (χ3v) is 3.84. The number of aryl methyl sites for hydroxylation is 1. The standard InChI is InChI=1S/C14H17NOS/c1-3-16-12-7-5-4-6-11(12)13(15)14-10(2)8-9-17-14/h4-9,13H,3,15H2,1-2H3. The predicted octanol–water partition coefficient (Wildman–Crippen LogP) is 3.50. The van der Waals surface area contributed by atoms with Gasteiger partial charge in [0.15, 0.2) is 0 Å². The molecule has 1 heterocycles. The minimum Gasteiger partial charge on any atom is -0.494 e. The Labute approximate surface area is 106 Å². The smallest absolute Gasteiger partial charge is 0.124 e. The van der Waals surface area contributed by atoms with E-state index in [4.69, 9.17) is 10.5 Å². The van der Waals surface area contributed by atoms with E-state index in [-0.39, 0.29) is 6.04 Å². The monoisotopic (exact) mass is 247 g/mol. The molecule has 1 unspecified atom stereocenters. The van der Waals surface area contributed by atoms with Crippen LogP contribution in [0.4, 0.5) is 0 Å². The van der Waals surface area contributed by atoms with Gasteiger partial charge in [-0.15, -0.1) is 11.3 Å². The van der Waals surface area contributed by atoms with E-state index in [0.717, 1.165) is 11.3 Å². The molecule has 2 N–H and O–H groups in total. The highest BCUT2D eigenvalue weighted by molar-refractivity contribution is 7.10. The van der Waals surface area contributed by atoms with Gasteiger partial charge >= 0.3 is 0 Å².